The van der Waals surface area contributed by atoms with E-state index in [1.165, 1.54) is 6.07 Å². The molecule has 0 N–H and O–H groups in total. The fourth-order valence-electron chi connectivity index (χ4n) is 3.72. The van der Waals surface area contributed by atoms with Crippen molar-refractivity contribution in [1.29, 1.82) is 0 Å². The van der Waals surface area contributed by atoms with Crippen molar-refractivity contribution in [1.82, 2.24) is 15.0 Å². The molecule has 5 nitrogen and oxygen atoms in total. The zero-order valence-corrected chi connectivity index (χ0v) is 14.7. The number of piperidine rings is 1. The van der Waals surface area contributed by atoms with E-state index in [2.05, 4.69) is 22.0 Å². The second-order valence-corrected chi connectivity index (χ2v) is 7.16. The number of halogens is 1. The number of methoxy groups -OCH3 is 1. The molecule has 1 aromatic carbocycles. The van der Waals surface area contributed by atoms with E-state index < -0.39 is 5.60 Å². The molecule has 0 unspecified atom stereocenters. The molecule has 2 fully saturated rings. The SMILES string of the molecule is COC1(c2nc(C3CC3)no2)CCN([C@H](C)c2ccccc2F)CC1. The Labute approximate surface area is 147 Å². The van der Waals surface area contributed by atoms with E-state index in [0.717, 1.165) is 50.2 Å². The Balaban J connectivity index is 1.48. The Kier molecular flexibility index (Phi) is 4.33. The molecule has 134 valence electrons. The summed E-state index contributed by atoms with van der Waals surface area (Å²) in [5.41, 5.74) is 0.215. The van der Waals surface area contributed by atoms with Crippen LogP contribution in [0.4, 0.5) is 4.39 Å². The Bertz CT molecular complexity index is 736. The van der Waals surface area contributed by atoms with Gasteiger partial charge in [0.25, 0.3) is 5.89 Å². The zero-order chi connectivity index (χ0) is 17.4. The van der Waals surface area contributed by atoms with Gasteiger partial charge in [-0.05, 0) is 38.7 Å². The standard InChI is InChI=1S/C19H24FN3O2/c1-13(15-5-3-4-6-16(15)20)23-11-9-19(24-2,10-12-23)18-21-17(22-25-18)14-7-8-14/h3-6,13-14H,7-12H2,1-2H3/t13-/m1/s1. The number of ether oxygens (including phenoxy) is 1. The van der Waals surface area contributed by atoms with E-state index in [1.54, 1.807) is 13.2 Å². The fourth-order valence-corrected chi connectivity index (χ4v) is 3.72. The van der Waals surface area contributed by atoms with Crippen LogP contribution in [0.3, 0.4) is 0 Å². The summed E-state index contributed by atoms with van der Waals surface area (Å²) >= 11 is 0. The molecule has 0 radical (unpaired) electrons. The number of likely N-dealkylation sites (tertiary alicyclic amines) is 1. The molecule has 1 saturated carbocycles. The third-order valence-corrected chi connectivity index (χ3v) is 5.67. The highest BCUT2D eigenvalue weighted by Crippen LogP contribution is 2.42. The molecule has 4 rings (SSSR count). The lowest BCUT2D eigenvalue weighted by Gasteiger charge is -2.41. The highest BCUT2D eigenvalue weighted by molar-refractivity contribution is 5.21. The number of rotatable bonds is 5. The average molecular weight is 345 g/mol. The maximum absolute atomic E-state index is 14.1. The molecule has 6 heteroatoms. The van der Waals surface area contributed by atoms with Crippen molar-refractivity contribution in [3.8, 4) is 0 Å². The van der Waals surface area contributed by atoms with Crippen molar-refractivity contribution in [2.45, 2.75) is 50.2 Å². The van der Waals surface area contributed by atoms with Crippen LogP contribution < -0.4 is 0 Å². The first-order valence-electron chi connectivity index (χ1n) is 9.01. The van der Waals surface area contributed by atoms with Gasteiger partial charge in [0.1, 0.15) is 11.4 Å². The van der Waals surface area contributed by atoms with Crippen LogP contribution >= 0.6 is 0 Å². The first-order chi connectivity index (χ1) is 12.1. The minimum atomic E-state index is -0.522. The summed E-state index contributed by atoms with van der Waals surface area (Å²) in [6, 6.07) is 7.02. The monoisotopic (exact) mass is 345 g/mol. The van der Waals surface area contributed by atoms with Gasteiger partial charge in [0.05, 0.1) is 0 Å². The summed E-state index contributed by atoms with van der Waals surface area (Å²) in [5, 5.41) is 4.13. The molecular formula is C19H24FN3O2. The van der Waals surface area contributed by atoms with Gasteiger partial charge >= 0.3 is 0 Å². The van der Waals surface area contributed by atoms with Gasteiger partial charge in [0, 0.05) is 37.7 Å². The third-order valence-electron chi connectivity index (χ3n) is 5.67. The largest absolute Gasteiger partial charge is 0.368 e. The highest BCUT2D eigenvalue weighted by atomic mass is 19.1. The van der Waals surface area contributed by atoms with E-state index in [1.807, 2.05) is 12.1 Å². The molecule has 1 aliphatic carbocycles. The van der Waals surface area contributed by atoms with Crippen LogP contribution in [0.15, 0.2) is 28.8 Å². The molecule has 1 saturated heterocycles. The lowest BCUT2D eigenvalue weighted by atomic mass is 9.89. The van der Waals surface area contributed by atoms with Crippen LogP contribution in [0, 0.1) is 5.82 Å². The normalized spacial score (nSPS) is 22.0. The molecule has 0 spiro atoms. The molecule has 1 aromatic heterocycles. The second kappa shape index (κ2) is 6.50. The predicted molar refractivity (Wildman–Crippen MR) is 90.6 cm³/mol. The van der Waals surface area contributed by atoms with Crippen molar-refractivity contribution >= 4 is 0 Å². The molecule has 0 amide bonds. The van der Waals surface area contributed by atoms with Gasteiger partial charge in [-0.1, -0.05) is 23.4 Å². The van der Waals surface area contributed by atoms with Crippen LogP contribution in [0.2, 0.25) is 0 Å². The van der Waals surface area contributed by atoms with Crippen LogP contribution in [0.5, 0.6) is 0 Å². The van der Waals surface area contributed by atoms with Crippen molar-refractivity contribution in [2.75, 3.05) is 20.2 Å². The number of hydrogen-bond donors (Lipinski definition) is 0. The van der Waals surface area contributed by atoms with E-state index in [-0.39, 0.29) is 11.9 Å². The van der Waals surface area contributed by atoms with Gasteiger partial charge < -0.3 is 9.26 Å². The number of benzene rings is 1. The van der Waals surface area contributed by atoms with Gasteiger partial charge in [0.2, 0.25) is 0 Å². The molecule has 2 aromatic rings. The summed E-state index contributed by atoms with van der Waals surface area (Å²) in [6.07, 6.45) is 3.81. The van der Waals surface area contributed by atoms with Gasteiger partial charge in [0.15, 0.2) is 5.82 Å². The Morgan fingerprint density at radius 1 is 1.28 bits per heavy atom. The number of hydrogen-bond acceptors (Lipinski definition) is 5. The van der Waals surface area contributed by atoms with Gasteiger partial charge in [-0.25, -0.2) is 4.39 Å². The lowest BCUT2D eigenvalue weighted by Crippen LogP contribution is -2.45. The maximum atomic E-state index is 14.1. The average Bonchev–Trinajstić information content (AvgIpc) is 3.38. The minimum Gasteiger partial charge on any atom is -0.368 e. The van der Waals surface area contributed by atoms with Crippen molar-refractivity contribution < 1.29 is 13.7 Å². The Morgan fingerprint density at radius 2 is 2.00 bits per heavy atom. The van der Waals surface area contributed by atoms with Crippen LogP contribution in [0.25, 0.3) is 0 Å². The summed E-state index contributed by atoms with van der Waals surface area (Å²) in [6.45, 7) is 3.64. The predicted octanol–water partition coefficient (Wildman–Crippen LogP) is 3.78. The highest BCUT2D eigenvalue weighted by Gasteiger charge is 2.43. The summed E-state index contributed by atoms with van der Waals surface area (Å²) in [7, 11) is 1.71. The topological polar surface area (TPSA) is 51.4 Å². The van der Waals surface area contributed by atoms with Crippen molar-refractivity contribution in [2.24, 2.45) is 0 Å². The minimum absolute atomic E-state index is 0.0285. The first kappa shape index (κ1) is 16.7. The summed E-state index contributed by atoms with van der Waals surface area (Å²) in [4.78, 5) is 6.89. The number of nitrogens with zero attached hydrogens (tertiary/aromatic N) is 3. The van der Waals surface area contributed by atoms with Crippen LogP contribution in [-0.4, -0.2) is 35.2 Å². The quantitative estimate of drug-likeness (QED) is 0.825. The van der Waals surface area contributed by atoms with Crippen molar-refractivity contribution in [3.05, 3.63) is 47.4 Å². The maximum Gasteiger partial charge on any atom is 0.258 e. The Hall–Kier alpha value is -1.79. The molecule has 1 aliphatic heterocycles. The second-order valence-electron chi connectivity index (χ2n) is 7.16. The molecule has 1 atom stereocenters. The molecule has 25 heavy (non-hydrogen) atoms. The molecule has 2 heterocycles. The fraction of sp³-hybridized carbons (Fsp3) is 0.579. The van der Waals surface area contributed by atoms with E-state index in [4.69, 9.17) is 9.26 Å². The smallest absolute Gasteiger partial charge is 0.258 e. The molecule has 0 bridgehead atoms. The lowest BCUT2D eigenvalue weighted by molar-refractivity contribution is -0.0878. The summed E-state index contributed by atoms with van der Waals surface area (Å²) in [5.74, 6) is 1.72. The van der Waals surface area contributed by atoms with Crippen LogP contribution in [-0.2, 0) is 10.3 Å². The third kappa shape index (κ3) is 3.09. The Morgan fingerprint density at radius 3 is 2.64 bits per heavy atom. The van der Waals surface area contributed by atoms with Crippen LogP contribution in [0.1, 0.15) is 61.8 Å². The van der Waals surface area contributed by atoms with Crippen molar-refractivity contribution in [3.63, 3.8) is 0 Å². The van der Waals surface area contributed by atoms with E-state index >= 15 is 0 Å². The van der Waals surface area contributed by atoms with Gasteiger partial charge in [-0.2, -0.15) is 4.98 Å². The van der Waals surface area contributed by atoms with E-state index in [0.29, 0.717) is 11.8 Å². The summed E-state index contributed by atoms with van der Waals surface area (Å²) < 4.78 is 25.5. The van der Waals surface area contributed by atoms with Gasteiger partial charge in [-0.15, -0.1) is 0 Å². The number of aromatic nitrogens is 2. The molecule has 2 aliphatic rings. The first-order valence-corrected chi connectivity index (χ1v) is 9.01. The molecular weight excluding hydrogens is 321 g/mol. The van der Waals surface area contributed by atoms with Gasteiger partial charge in [-0.3, -0.25) is 4.90 Å². The van der Waals surface area contributed by atoms with E-state index in [9.17, 15) is 4.39 Å². The zero-order valence-electron chi connectivity index (χ0n) is 14.7.